The number of fused-ring (bicyclic) bond motifs is 2. The van der Waals surface area contributed by atoms with Gasteiger partial charge < -0.3 is 92.6 Å². The molecule has 3 saturated heterocycles. The van der Waals surface area contributed by atoms with Gasteiger partial charge in [-0.15, -0.1) is 0 Å². The van der Waals surface area contributed by atoms with Crippen molar-refractivity contribution in [1.82, 2.24) is 41.3 Å². The van der Waals surface area contributed by atoms with Crippen molar-refractivity contribution in [2.45, 2.75) is 119 Å². The monoisotopic (exact) mass is 911 g/mol. The topological polar surface area (TPSA) is 386 Å². The Bertz CT molecular complexity index is 1840. The van der Waals surface area contributed by atoms with E-state index < -0.39 is 152 Å². The fourth-order valence-corrected chi connectivity index (χ4v) is 7.51. The number of amides is 7. The van der Waals surface area contributed by atoms with Crippen molar-refractivity contribution in [3.05, 3.63) is 29.8 Å². The number of nitrogens with two attached hydrogens (primary N) is 1. The van der Waals surface area contributed by atoms with Gasteiger partial charge in [-0.1, -0.05) is 19.1 Å². The molecule has 64 heavy (non-hydrogen) atoms. The van der Waals surface area contributed by atoms with Gasteiger partial charge in [0, 0.05) is 44.9 Å². The molecule has 25 nitrogen and oxygen atoms in total. The first-order valence-corrected chi connectivity index (χ1v) is 20.7. The minimum Gasteiger partial charge on any atom is -0.410 e. The van der Waals surface area contributed by atoms with Gasteiger partial charge in [-0.2, -0.15) is 0 Å². The Kier molecular flexibility index (Phi) is 17.9. The number of aliphatic hydroxyl groups is 8. The van der Waals surface area contributed by atoms with E-state index in [0.717, 1.165) is 23.6 Å². The van der Waals surface area contributed by atoms with Crippen molar-refractivity contribution in [2.75, 3.05) is 40.3 Å². The zero-order chi connectivity index (χ0) is 47.9. The smallest absolute Gasteiger partial charge is 0.410 e. The van der Waals surface area contributed by atoms with E-state index in [1.165, 1.54) is 31.2 Å². The van der Waals surface area contributed by atoms with Crippen LogP contribution in [0.5, 0.6) is 5.75 Å². The van der Waals surface area contributed by atoms with E-state index in [-0.39, 0.29) is 24.4 Å². The van der Waals surface area contributed by atoms with Crippen LogP contribution in [0.1, 0.15) is 45.3 Å². The molecule has 1 aromatic carbocycles. The van der Waals surface area contributed by atoms with Crippen molar-refractivity contribution in [3.63, 3.8) is 0 Å². The fraction of sp³-hybridized carbons (Fsp3) is 0.667. The lowest BCUT2D eigenvalue weighted by Crippen LogP contribution is -2.64. The predicted octanol–water partition coefficient (Wildman–Crippen LogP) is -7.36. The summed E-state index contributed by atoms with van der Waals surface area (Å²) in [5.74, 6) is -8.00. The molecular weight excluding hydrogens is 850 g/mol. The first-order chi connectivity index (χ1) is 29.9. The molecule has 358 valence electrons. The summed E-state index contributed by atoms with van der Waals surface area (Å²) in [6, 6.07) is -6.17. The van der Waals surface area contributed by atoms with E-state index in [1.54, 1.807) is 14.1 Å². The maximum Gasteiger partial charge on any atom is 0.412 e. The van der Waals surface area contributed by atoms with Gasteiger partial charge in [0.2, 0.25) is 35.4 Å². The van der Waals surface area contributed by atoms with Gasteiger partial charge in [-0.25, -0.2) is 4.79 Å². The summed E-state index contributed by atoms with van der Waals surface area (Å²) < 4.78 is 5.23. The third-order valence-electron chi connectivity index (χ3n) is 11.2. The van der Waals surface area contributed by atoms with Gasteiger partial charge in [-0.05, 0) is 45.6 Å². The van der Waals surface area contributed by atoms with Crippen LogP contribution >= 0.6 is 0 Å². The van der Waals surface area contributed by atoms with Gasteiger partial charge in [0.25, 0.3) is 0 Å². The molecule has 15 atom stereocenters. The lowest BCUT2D eigenvalue weighted by Gasteiger charge is -2.34. The van der Waals surface area contributed by atoms with Gasteiger partial charge in [-0.3, -0.25) is 28.8 Å². The number of nitrogens with one attached hydrogen (secondary N) is 5. The molecule has 0 aromatic heterocycles. The highest BCUT2D eigenvalue weighted by Gasteiger charge is 2.50. The third kappa shape index (κ3) is 12.6. The van der Waals surface area contributed by atoms with Crippen LogP contribution in [0, 0.1) is 5.92 Å². The van der Waals surface area contributed by atoms with Crippen LogP contribution in [0.25, 0.3) is 0 Å². The Labute approximate surface area is 367 Å². The Morgan fingerprint density at radius 3 is 1.94 bits per heavy atom. The second-order valence-electron chi connectivity index (χ2n) is 16.7. The van der Waals surface area contributed by atoms with Crippen molar-refractivity contribution >= 4 is 41.5 Å². The minimum absolute atomic E-state index is 0.0209. The third-order valence-corrected chi connectivity index (χ3v) is 11.2. The first-order valence-electron chi connectivity index (χ1n) is 20.7. The molecule has 25 heteroatoms. The second kappa shape index (κ2) is 22.2. The molecule has 7 amide bonds. The van der Waals surface area contributed by atoms with Crippen LogP contribution in [0.2, 0.25) is 0 Å². The standard InChI is InChI=1S/C39H61N9O16/c1-16-14-48-28(29(16)53)36(60)45-34(58)24(52)13-22(40)32(56)42-25(17(2)49)37(61)47-15-20(51)12-23(47)33(57)44-27(35(59)43-26(18(3)50)38(48)62)31(55)30(54)19-6-8-21(9-7-19)64-39(63)41-10-11-46(4)5/h6-9,16-18,20,22-31,34,49-55,58H,10-15,40H2,1-5H3,(H,41,63)(H,42,56)(H,43,59)(H,44,57)(H,45,60)/t16-,17-,18-,20-,22+,23+,24-,25+,26+,27+,28+,29-,30+,31+,34-/m1/s1. The fourth-order valence-electron chi connectivity index (χ4n) is 7.51. The van der Waals surface area contributed by atoms with E-state index >= 15 is 0 Å². The average Bonchev–Trinajstić information content (AvgIpc) is 3.77. The van der Waals surface area contributed by atoms with Crippen LogP contribution in [-0.2, 0) is 28.8 Å². The summed E-state index contributed by atoms with van der Waals surface area (Å²) in [6.07, 6.45) is -16.8. The summed E-state index contributed by atoms with van der Waals surface area (Å²) in [5.41, 5.74) is 5.88. The molecule has 0 saturated carbocycles. The number of carbonyl (C=O) groups is 7. The number of carbonyl (C=O) groups excluding carboxylic acids is 7. The molecule has 0 bridgehead atoms. The normalized spacial score (nSPS) is 32.2. The Hall–Kier alpha value is -5.09. The number of rotatable bonds is 9. The number of likely N-dealkylation sites (N-methyl/N-ethyl adjacent to an activating group) is 1. The number of nitrogens with zero attached hydrogens (tertiary/aromatic N) is 3. The van der Waals surface area contributed by atoms with E-state index in [0.29, 0.717) is 6.54 Å². The van der Waals surface area contributed by atoms with Crippen LogP contribution in [-0.4, -0.2) is 216 Å². The molecule has 0 aliphatic carbocycles. The minimum atomic E-state index is -2.29. The summed E-state index contributed by atoms with van der Waals surface area (Å²) in [5, 5.41) is 98.9. The largest absolute Gasteiger partial charge is 0.412 e. The molecule has 3 aliphatic heterocycles. The Balaban J connectivity index is 1.75. The number of aliphatic hydroxyl groups excluding tert-OH is 8. The van der Waals surface area contributed by atoms with Gasteiger partial charge >= 0.3 is 6.09 Å². The average molecular weight is 912 g/mol. The van der Waals surface area contributed by atoms with E-state index in [1.807, 2.05) is 10.2 Å². The lowest BCUT2D eigenvalue weighted by molar-refractivity contribution is -0.148. The molecule has 3 aliphatic rings. The number of ether oxygens (including phenoxy) is 1. The first kappa shape index (κ1) is 51.5. The van der Waals surface area contributed by atoms with Crippen molar-refractivity contribution in [3.8, 4) is 5.75 Å². The molecule has 0 unspecified atom stereocenters. The van der Waals surface area contributed by atoms with Gasteiger partial charge in [0.05, 0.1) is 30.5 Å². The van der Waals surface area contributed by atoms with E-state index in [2.05, 4.69) is 21.3 Å². The number of hydrogen-bond acceptors (Lipinski definition) is 18. The number of hydrogen-bond donors (Lipinski definition) is 14. The summed E-state index contributed by atoms with van der Waals surface area (Å²) in [7, 11) is 3.61. The molecule has 1 aromatic rings. The lowest BCUT2D eigenvalue weighted by atomic mass is 9.96. The van der Waals surface area contributed by atoms with Crippen LogP contribution < -0.4 is 37.1 Å². The predicted molar refractivity (Wildman–Crippen MR) is 219 cm³/mol. The van der Waals surface area contributed by atoms with E-state index in [9.17, 15) is 74.4 Å². The quantitative estimate of drug-likeness (QED) is 0.109. The number of benzene rings is 1. The highest BCUT2D eigenvalue weighted by Crippen LogP contribution is 2.27. The summed E-state index contributed by atoms with van der Waals surface area (Å²) in [4.78, 5) is 98.8. The van der Waals surface area contributed by atoms with E-state index in [4.69, 9.17) is 10.5 Å². The van der Waals surface area contributed by atoms with Crippen LogP contribution in [0.3, 0.4) is 0 Å². The molecule has 15 N–H and O–H groups in total. The van der Waals surface area contributed by atoms with Gasteiger partial charge in [0.1, 0.15) is 54.3 Å². The maximum absolute atomic E-state index is 14.3. The molecule has 0 spiro atoms. The maximum atomic E-state index is 14.3. The zero-order valence-electron chi connectivity index (χ0n) is 36.0. The Morgan fingerprint density at radius 2 is 1.36 bits per heavy atom. The Morgan fingerprint density at radius 1 is 0.797 bits per heavy atom. The SMILES string of the molecule is C[C@@H]1CN2C(=O)[C@H]([C@@H](C)O)NC(=O)[C@H]([C@H](O)[C@@H](O)c3ccc(OC(=O)NCCN(C)C)cc3)NC(=O)[C@@H]3C[C@@H](O)CN3C(=O)[C@H]([C@@H](C)O)NC(=O)[C@@H](N)C[C@@H](O)[C@@H](O)NC(=O)[C@@H]2[C@@H]1O. The summed E-state index contributed by atoms with van der Waals surface area (Å²) >= 11 is 0. The molecule has 4 rings (SSSR count). The van der Waals surface area contributed by atoms with Crippen LogP contribution in [0.4, 0.5) is 4.79 Å². The van der Waals surface area contributed by atoms with Crippen molar-refractivity contribution < 1.29 is 79.2 Å². The summed E-state index contributed by atoms with van der Waals surface area (Å²) in [6.45, 7) is 3.60. The van der Waals surface area contributed by atoms with Gasteiger partial charge in [0.15, 0.2) is 6.23 Å². The van der Waals surface area contributed by atoms with Crippen molar-refractivity contribution in [2.24, 2.45) is 11.7 Å². The molecule has 3 heterocycles. The molecular formula is C39H61N9O16. The second-order valence-corrected chi connectivity index (χ2v) is 16.7. The molecule has 3 fully saturated rings. The van der Waals surface area contributed by atoms with Crippen LogP contribution in [0.15, 0.2) is 24.3 Å². The van der Waals surface area contributed by atoms with Crippen molar-refractivity contribution in [1.29, 1.82) is 0 Å². The highest BCUT2D eigenvalue weighted by atomic mass is 16.6. The zero-order valence-corrected chi connectivity index (χ0v) is 36.0. The molecule has 0 radical (unpaired) electrons. The highest BCUT2D eigenvalue weighted by molar-refractivity contribution is 5.98.